The van der Waals surface area contributed by atoms with E-state index in [4.69, 9.17) is 29.4 Å². The van der Waals surface area contributed by atoms with Crippen molar-refractivity contribution in [1.29, 1.82) is 0 Å². The molecule has 0 saturated carbocycles. The molecule has 2 heterocycles. The minimum absolute atomic E-state index is 0.379. The normalized spacial score (nSPS) is 19.7. The summed E-state index contributed by atoms with van der Waals surface area (Å²) >= 11 is 0. The predicted octanol–water partition coefficient (Wildman–Crippen LogP) is 11.1. The predicted molar refractivity (Wildman–Crippen MR) is 167 cm³/mol. The number of hydrogen-bond donors (Lipinski definition) is 0. The highest BCUT2D eigenvalue weighted by molar-refractivity contribution is 6.26. The van der Waals surface area contributed by atoms with Crippen LogP contribution in [0.2, 0.25) is 0 Å². The van der Waals surface area contributed by atoms with Gasteiger partial charge in [0.2, 0.25) is 0 Å². The molecule has 9 aromatic rings. The Labute approximate surface area is 260 Å². The lowest BCUT2D eigenvalue weighted by Gasteiger charge is -2.18. The van der Waals surface area contributed by atoms with E-state index >= 15 is 0 Å². The van der Waals surface area contributed by atoms with Crippen LogP contribution in [-0.2, 0) is 0 Å². The van der Waals surface area contributed by atoms with Crippen LogP contribution >= 0.6 is 0 Å². The van der Waals surface area contributed by atoms with Crippen molar-refractivity contribution in [3.8, 4) is 22.3 Å². The molecule has 0 amide bonds. The molecule has 40 heavy (non-hydrogen) atoms. The molecule has 2 heteroatoms. The third-order valence-electron chi connectivity index (χ3n) is 6.71. The molecule has 0 spiro atoms. The van der Waals surface area contributed by atoms with E-state index in [-0.39, 0.29) is 5.39 Å². The van der Waals surface area contributed by atoms with Gasteiger partial charge in [0, 0.05) is 21.5 Å². The summed E-state index contributed by atoms with van der Waals surface area (Å²) in [5.74, 6) is 0. The summed E-state index contributed by atoms with van der Waals surface area (Å²) in [4.78, 5) is 0. The topological polar surface area (TPSA) is 26.3 Å². The third kappa shape index (κ3) is 2.93. The van der Waals surface area contributed by atoms with Crippen molar-refractivity contribution in [2.24, 2.45) is 0 Å². The monoisotopic (exact) mass is 532 g/mol. The van der Waals surface area contributed by atoms with E-state index in [1.54, 1.807) is 0 Å². The number of furan rings is 2. The van der Waals surface area contributed by atoms with Crippen LogP contribution in [0.1, 0.15) is 30.2 Å². The minimum Gasteiger partial charge on any atom is -0.456 e. The van der Waals surface area contributed by atoms with Gasteiger partial charge in [-0.2, -0.15) is 0 Å². The number of hydrogen-bond acceptors (Lipinski definition) is 2. The van der Waals surface area contributed by atoms with Crippen molar-refractivity contribution in [2.75, 3.05) is 0 Å². The van der Waals surface area contributed by atoms with Crippen LogP contribution in [0.25, 0.3) is 87.7 Å². The Balaban J connectivity index is 1.67. The number of para-hydroxylation sites is 2. The Hall–Kier alpha value is -5.34. The maximum Gasteiger partial charge on any atom is 0.136 e. The molecule has 186 valence electrons. The molecule has 0 aliphatic carbocycles. The molecular formula is C38H22O2. The first kappa shape index (κ1) is 9.39. The Morgan fingerprint density at radius 2 is 0.875 bits per heavy atom. The van der Waals surface area contributed by atoms with Crippen LogP contribution in [0.3, 0.4) is 0 Å². The van der Waals surface area contributed by atoms with Gasteiger partial charge in [-0.1, -0.05) is 103 Å². The second-order valence-electron chi connectivity index (χ2n) is 8.77. The second kappa shape index (κ2) is 8.08. The molecule has 0 aliphatic heterocycles. The van der Waals surface area contributed by atoms with E-state index in [2.05, 4.69) is 0 Å². The van der Waals surface area contributed by atoms with E-state index in [0.717, 1.165) is 0 Å². The van der Waals surface area contributed by atoms with Crippen LogP contribution in [0.5, 0.6) is 0 Å². The Morgan fingerprint density at radius 1 is 0.375 bits per heavy atom. The fourth-order valence-electron chi connectivity index (χ4n) is 5.10. The molecular weight excluding hydrogens is 488 g/mol. The van der Waals surface area contributed by atoms with Crippen LogP contribution in [-0.4, -0.2) is 0 Å². The molecule has 0 aliphatic rings. The van der Waals surface area contributed by atoms with Gasteiger partial charge in [-0.25, -0.2) is 0 Å². The van der Waals surface area contributed by atoms with Gasteiger partial charge in [0.25, 0.3) is 0 Å². The summed E-state index contributed by atoms with van der Waals surface area (Å²) in [7, 11) is 0. The van der Waals surface area contributed by atoms with Crippen molar-refractivity contribution in [2.45, 2.75) is 0 Å². The van der Waals surface area contributed by atoms with Gasteiger partial charge in [-0.05, 0) is 74.0 Å². The van der Waals surface area contributed by atoms with Gasteiger partial charge in [0.15, 0.2) is 0 Å². The summed E-state index contributed by atoms with van der Waals surface area (Å²) in [6, 6.07) is -18.0. The number of benzene rings is 7. The van der Waals surface area contributed by atoms with Gasteiger partial charge in [-0.15, -0.1) is 0 Å². The van der Waals surface area contributed by atoms with Gasteiger partial charge >= 0.3 is 0 Å². The van der Waals surface area contributed by atoms with Crippen LogP contribution in [0, 0.1) is 0 Å². The quantitative estimate of drug-likeness (QED) is 0.207. The average Bonchev–Trinajstić information content (AvgIpc) is 3.85. The first-order valence-corrected chi connectivity index (χ1v) is 11.8. The zero-order valence-corrected chi connectivity index (χ0v) is 19.8. The largest absolute Gasteiger partial charge is 0.456 e. The van der Waals surface area contributed by atoms with E-state index in [1.165, 1.54) is 0 Å². The van der Waals surface area contributed by atoms with Crippen LogP contribution in [0.15, 0.2) is 142 Å². The number of fused-ring (bicyclic) bond motifs is 8. The van der Waals surface area contributed by atoms with E-state index in [1.807, 2.05) is 0 Å². The van der Waals surface area contributed by atoms with Crippen LogP contribution < -0.4 is 0 Å². The summed E-state index contributed by atoms with van der Waals surface area (Å²) in [6.45, 7) is 0. The summed E-state index contributed by atoms with van der Waals surface area (Å²) < 4.78 is 207. The highest BCUT2D eigenvalue weighted by Crippen LogP contribution is 2.47. The van der Waals surface area contributed by atoms with Gasteiger partial charge < -0.3 is 8.83 Å². The molecule has 9 rings (SSSR count). The molecule has 0 bridgehead atoms. The smallest absolute Gasteiger partial charge is 0.136 e. The lowest BCUT2D eigenvalue weighted by molar-refractivity contribution is 0.668. The fourth-order valence-corrected chi connectivity index (χ4v) is 5.10. The average molecular weight is 533 g/mol. The summed E-state index contributed by atoms with van der Waals surface area (Å²) in [6.07, 6.45) is 0. The maximum absolute atomic E-state index is 9.60. The van der Waals surface area contributed by atoms with Crippen molar-refractivity contribution in [3.63, 3.8) is 0 Å². The van der Waals surface area contributed by atoms with E-state index in [9.17, 15) is 9.60 Å². The second-order valence-corrected chi connectivity index (χ2v) is 8.77. The third-order valence-corrected chi connectivity index (χ3v) is 6.71. The van der Waals surface area contributed by atoms with Crippen molar-refractivity contribution < 1.29 is 39.0 Å². The van der Waals surface area contributed by atoms with Gasteiger partial charge in [-0.3, -0.25) is 0 Å². The van der Waals surface area contributed by atoms with Crippen molar-refractivity contribution in [3.05, 3.63) is 133 Å². The highest BCUT2D eigenvalue weighted by Gasteiger charge is 2.20. The van der Waals surface area contributed by atoms with E-state index < -0.39 is 215 Å². The number of rotatable bonds is 2. The molecule has 0 fully saturated rings. The summed E-state index contributed by atoms with van der Waals surface area (Å²) in [5.41, 5.74) is -4.50. The Bertz CT molecular complexity index is 3580. The standard InChI is InChI=1S/C38H22O2/c1-3-13-27-25(11-1)36(23-20-21-34-31(22-23)24-10-5-7-17-32(24)39-34)26-12-2-4-14-28(26)37(27)30-16-9-19-35-38(30)29-15-6-8-18-33(29)40-35/h1-22H/i1D,2D,3D,4D,5D,6D,7D,8D,9D,10D,11D,12D,13D,14D,15D,16D,17D,18D,19D,20D,21D,22D. The first-order chi connectivity index (χ1) is 29.0. The Morgan fingerprint density at radius 3 is 1.57 bits per heavy atom. The minimum atomic E-state index is -0.912. The molecule has 2 nitrogen and oxygen atoms in total. The first-order valence-electron chi connectivity index (χ1n) is 22.8. The van der Waals surface area contributed by atoms with Gasteiger partial charge in [0.1, 0.15) is 22.3 Å². The Kier molecular flexibility index (Phi) is 1.90. The van der Waals surface area contributed by atoms with Crippen molar-refractivity contribution in [1.82, 2.24) is 0 Å². The molecule has 2 aromatic heterocycles. The molecule has 0 atom stereocenters. The lowest BCUT2D eigenvalue weighted by atomic mass is 9.84. The van der Waals surface area contributed by atoms with Crippen molar-refractivity contribution >= 4 is 65.4 Å². The molecule has 0 radical (unpaired) electrons. The van der Waals surface area contributed by atoms with Gasteiger partial charge in [0.05, 0.1) is 30.2 Å². The lowest BCUT2D eigenvalue weighted by Crippen LogP contribution is -1.91. The van der Waals surface area contributed by atoms with Crippen LogP contribution in [0.4, 0.5) is 0 Å². The molecule has 0 saturated heterocycles. The molecule has 0 unspecified atom stereocenters. The maximum atomic E-state index is 9.60. The fraction of sp³-hybridized carbons (Fsp3) is 0. The zero-order valence-electron chi connectivity index (χ0n) is 41.8. The highest BCUT2D eigenvalue weighted by atomic mass is 16.3. The molecule has 7 aromatic carbocycles. The SMILES string of the molecule is [2H]c1c([2H])c([2H])c2c(oc3c([2H])c([2H])c(-c4c5c([2H])c([2H])c([2H])c([2H])c5c(-c5c([2H])c([2H])c([2H])c6oc7c([2H])c([2H])c([2H])c([2H])c7c56)c5c([2H])c([2H])c([2H])c([2H])c45)c([2H])c32)c1[2H]. The molecule has 0 N–H and O–H groups in total. The zero-order chi connectivity index (χ0) is 45.4. The van der Waals surface area contributed by atoms with E-state index in [0.29, 0.717) is 0 Å². The summed E-state index contributed by atoms with van der Waals surface area (Å²) in [5, 5.41) is -4.12.